The normalized spacial score (nSPS) is 19.1. The topological polar surface area (TPSA) is 67.4 Å². The highest BCUT2D eigenvalue weighted by molar-refractivity contribution is 5.89. The molecule has 2 rings (SSSR count). The molecule has 1 heterocycles. The molecule has 1 aliphatic rings. The molecule has 1 aliphatic heterocycles. The average Bonchev–Trinajstić information content (AvgIpc) is 2.40. The third kappa shape index (κ3) is 3.56. The third-order valence-electron chi connectivity index (χ3n) is 2.73. The predicted octanol–water partition coefficient (Wildman–Crippen LogP) is -0.140. The zero-order valence-corrected chi connectivity index (χ0v) is 10.0. The van der Waals surface area contributed by atoms with E-state index in [4.69, 9.17) is 4.74 Å². The molecule has 5 heteroatoms. The number of carbonyl (C=O) groups is 2. The summed E-state index contributed by atoms with van der Waals surface area (Å²) in [5, 5.41) is 5.38. The minimum atomic E-state index is -0.568. The van der Waals surface area contributed by atoms with Crippen molar-refractivity contribution in [3.05, 3.63) is 35.9 Å². The first-order valence-electron chi connectivity index (χ1n) is 5.94. The smallest absolute Gasteiger partial charge is 0.246 e. The number of hydrogen-bond acceptors (Lipinski definition) is 3. The van der Waals surface area contributed by atoms with Gasteiger partial charge in [0.15, 0.2) is 0 Å². The summed E-state index contributed by atoms with van der Waals surface area (Å²) in [6.07, 6.45) is 0.772. The summed E-state index contributed by atoms with van der Waals surface area (Å²) < 4.78 is 5.01. The Labute approximate surface area is 106 Å². The van der Waals surface area contributed by atoms with Crippen LogP contribution in [0.25, 0.3) is 0 Å². The Morgan fingerprint density at radius 1 is 1.39 bits per heavy atom. The molecule has 1 saturated heterocycles. The molecule has 1 fully saturated rings. The van der Waals surface area contributed by atoms with Gasteiger partial charge < -0.3 is 15.4 Å². The number of benzene rings is 1. The highest BCUT2D eigenvalue weighted by Crippen LogP contribution is 1.99. The van der Waals surface area contributed by atoms with Crippen molar-refractivity contribution in [3.8, 4) is 0 Å². The van der Waals surface area contributed by atoms with Crippen LogP contribution in [-0.4, -0.2) is 37.6 Å². The largest absolute Gasteiger partial charge is 0.369 e. The van der Waals surface area contributed by atoms with Crippen molar-refractivity contribution in [1.82, 2.24) is 10.6 Å². The number of hydrogen-bond donors (Lipinski definition) is 2. The van der Waals surface area contributed by atoms with Gasteiger partial charge in [0.25, 0.3) is 0 Å². The molecule has 1 aromatic carbocycles. The first-order chi connectivity index (χ1) is 8.75. The maximum absolute atomic E-state index is 11.7. The minimum absolute atomic E-state index is 0.0355. The summed E-state index contributed by atoms with van der Waals surface area (Å²) in [4.78, 5) is 22.8. The van der Waals surface area contributed by atoms with E-state index in [1.54, 1.807) is 0 Å². The average molecular weight is 248 g/mol. The van der Waals surface area contributed by atoms with Crippen LogP contribution in [0, 0.1) is 0 Å². The lowest BCUT2D eigenvalue weighted by Crippen LogP contribution is -2.54. The van der Waals surface area contributed by atoms with Gasteiger partial charge in [0.05, 0.1) is 6.61 Å². The molecule has 96 valence electrons. The molecule has 0 bridgehead atoms. The van der Waals surface area contributed by atoms with E-state index in [0.29, 0.717) is 6.54 Å². The molecule has 1 atom stereocenters. The van der Waals surface area contributed by atoms with E-state index in [9.17, 15) is 9.59 Å². The van der Waals surface area contributed by atoms with Crippen LogP contribution in [0.2, 0.25) is 0 Å². The van der Waals surface area contributed by atoms with Crippen molar-refractivity contribution < 1.29 is 14.3 Å². The van der Waals surface area contributed by atoms with Crippen LogP contribution in [0.1, 0.15) is 5.56 Å². The van der Waals surface area contributed by atoms with Gasteiger partial charge in [0.1, 0.15) is 12.6 Å². The summed E-state index contributed by atoms with van der Waals surface area (Å²) in [6, 6.07) is 9.34. The van der Waals surface area contributed by atoms with Crippen LogP contribution in [0.4, 0.5) is 0 Å². The highest BCUT2D eigenvalue weighted by atomic mass is 16.5. The lowest BCUT2D eigenvalue weighted by Gasteiger charge is -2.22. The molecule has 2 amide bonds. The van der Waals surface area contributed by atoms with Crippen molar-refractivity contribution in [2.75, 3.05) is 19.8 Å². The Balaban J connectivity index is 1.73. The Hall–Kier alpha value is -1.88. The van der Waals surface area contributed by atoms with Gasteiger partial charge in [-0.25, -0.2) is 0 Å². The molecule has 2 N–H and O–H groups in total. The zero-order valence-electron chi connectivity index (χ0n) is 10.0. The predicted molar refractivity (Wildman–Crippen MR) is 65.9 cm³/mol. The van der Waals surface area contributed by atoms with Crippen molar-refractivity contribution in [3.63, 3.8) is 0 Å². The van der Waals surface area contributed by atoms with Gasteiger partial charge in [-0.2, -0.15) is 0 Å². The van der Waals surface area contributed by atoms with Gasteiger partial charge in [-0.05, 0) is 12.0 Å². The standard InChI is InChI=1S/C13H16N2O3/c16-12-9-18-8-11(15-12)13(17)14-7-6-10-4-2-1-3-5-10/h1-5,11H,6-9H2,(H,14,17)(H,15,16). The van der Waals surface area contributed by atoms with Gasteiger partial charge in [-0.1, -0.05) is 30.3 Å². The van der Waals surface area contributed by atoms with E-state index in [1.807, 2.05) is 30.3 Å². The maximum atomic E-state index is 11.7. The number of morpholine rings is 1. The highest BCUT2D eigenvalue weighted by Gasteiger charge is 2.24. The molecule has 5 nitrogen and oxygen atoms in total. The number of rotatable bonds is 4. The second-order valence-corrected chi connectivity index (χ2v) is 4.16. The molecule has 18 heavy (non-hydrogen) atoms. The van der Waals surface area contributed by atoms with Gasteiger partial charge in [0.2, 0.25) is 11.8 Å². The van der Waals surface area contributed by atoms with Crippen molar-refractivity contribution in [2.45, 2.75) is 12.5 Å². The van der Waals surface area contributed by atoms with Crippen LogP contribution >= 0.6 is 0 Å². The first-order valence-corrected chi connectivity index (χ1v) is 5.94. The number of amides is 2. The quantitative estimate of drug-likeness (QED) is 0.779. The van der Waals surface area contributed by atoms with E-state index in [0.717, 1.165) is 6.42 Å². The van der Waals surface area contributed by atoms with Gasteiger partial charge in [-0.15, -0.1) is 0 Å². The fourth-order valence-corrected chi connectivity index (χ4v) is 1.79. The minimum Gasteiger partial charge on any atom is -0.369 e. The fourth-order valence-electron chi connectivity index (χ4n) is 1.79. The Morgan fingerprint density at radius 3 is 2.89 bits per heavy atom. The fraction of sp³-hybridized carbons (Fsp3) is 0.385. The van der Waals surface area contributed by atoms with E-state index < -0.39 is 6.04 Å². The molecular weight excluding hydrogens is 232 g/mol. The second-order valence-electron chi connectivity index (χ2n) is 4.16. The Kier molecular flexibility index (Phi) is 4.30. The number of carbonyl (C=O) groups excluding carboxylic acids is 2. The first kappa shape index (κ1) is 12.6. The molecule has 0 aromatic heterocycles. The monoisotopic (exact) mass is 248 g/mol. The van der Waals surface area contributed by atoms with Crippen molar-refractivity contribution >= 4 is 11.8 Å². The van der Waals surface area contributed by atoms with E-state index in [1.165, 1.54) is 5.56 Å². The van der Waals surface area contributed by atoms with Crippen LogP contribution in [0.5, 0.6) is 0 Å². The lowest BCUT2D eigenvalue weighted by atomic mass is 10.1. The van der Waals surface area contributed by atoms with Gasteiger partial charge in [0, 0.05) is 6.54 Å². The van der Waals surface area contributed by atoms with Crippen LogP contribution in [0.15, 0.2) is 30.3 Å². The summed E-state index contributed by atoms with van der Waals surface area (Å²) in [7, 11) is 0. The van der Waals surface area contributed by atoms with Crippen molar-refractivity contribution in [2.24, 2.45) is 0 Å². The van der Waals surface area contributed by atoms with E-state index in [-0.39, 0.29) is 25.0 Å². The summed E-state index contributed by atoms with van der Waals surface area (Å²) in [6.45, 7) is 0.825. The molecule has 0 radical (unpaired) electrons. The molecule has 1 aromatic rings. The summed E-state index contributed by atoms with van der Waals surface area (Å²) >= 11 is 0. The summed E-state index contributed by atoms with van der Waals surface area (Å²) in [5.41, 5.74) is 1.17. The summed E-state index contributed by atoms with van der Waals surface area (Å²) in [5.74, 6) is -0.441. The zero-order chi connectivity index (χ0) is 12.8. The van der Waals surface area contributed by atoms with E-state index in [2.05, 4.69) is 10.6 Å². The second kappa shape index (κ2) is 6.16. The van der Waals surface area contributed by atoms with Gasteiger partial charge >= 0.3 is 0 Å². The number of nitrogens with one attached hydrogen (secondary N) is 2. The lowest BCUT2D eigenvalue weighted by molar-refractivity contribution is -0.138. The van der Waals surface area contributed by atoms with Crippen LogP contribution in [-0.2, 0) is 20.7 Å². The van der Waals surface area contributed by atoms with Gasteiger partial charge in [-0.3, -0.25) is 9.59 Å². The Bertz CT molecular complexity index is 420. The van der Waals surface area contributed by atoms with Crippen LogP contribution < -0.4 is 10.6 Å². The molecule has 0 spiro atoms. The van der Waals surface area contributed by atoms with Crippen molar-refractivity contribution in [1.29, 1.82) is 0 Å². The molecule has 0 saturated carbocycles. The SMILES string of the molecule is O=C1COCC(C(=O)NCCc2ccccc2)N1. The molecular formula is C13H16N2O3. The Morgan fingerprint density at radius 2 is 2.17 bits per heavy atom. The number of ether oxygens (including phenoxy) is 1. The van der Waals surface area contributed by atoms with Crippen LogP contribution in [0.3, 0.4) is 0 Å². The molecule has 0 aliphatic carbocycles. The third-order valence-corrected chi connectivity index (χ3v) is 2.73. The molecule has 1 unspecified atom stereocenters. The van der Waals surface area contributed by atoms with E-state index >= 15 is 0 Å². The maximum Gasteiger partial charge on any atom is 0.246 e.